The fraction of sp³-hybridized carbons (Fsp3) is 0.179. The summed E-state index contributed by atoms with van der Waals surface area (Å²) in [6.45, 7) is 1.59. The van der Waals surface area contributed by atoms with Gasteiger partial charge < -0.3 is 14.6 Å². The molecule has 0 saturated carbocycles. The number of benzene rings is 3. The molecule has 0 unspecified atom stereocenters. The molecule has 0 radical (unpaired) electrons. The van der Waals surface area contributed by atoms with E-state index in [0.29, 0.717) is 17.1 Å². The Morgan fingerprint density at radius 1 is 1.00 bits per heavy atom. The molecule has 0 atom stereocenters. The second-order valence-corrected chi connectivity index (χ2v) is 10.1. The average Bonchev–Trinajstić information content (AvgIpc) is 2.82. The summed E-state index contributed by atoms with van der Waals surface area (Å²) in [6, 6.07) is 18.5. The Bertz CT molecular complexity index is 1410. The highest BCUT2D eigenvalue weighted by atomic mass is 32.2. The van der Waals surface area contributed by atoms with Gasteiger partial charge in [0.25, 0.3) is 0 Å². The summed E-state index contributed by atoms with van der Waals surface area (Å²) in [7, 11) is -3.16. The molecule has 3 rings (SSSR count). The molecule has 0 bridgehead atoms. The molecular weight excluding hydrogens is 483 g/mol. The van der Waals surface area contributed by atoms with Crippen LogP contribution in [0, 0.1) is 24.6 Å². The van der Waals surface area contributed by atoms with Crippen molar-refractivity contribution in [2.45, 2.75) is 6.92 Å². The van der Waals surface area contributed by atoms with Crippen molar-refractivity contribution in [3.63, 3.8) is 0 Å². The fourth-order valence-corrected chi connectivity index (χ4v) is 3.60. The maximum Gasteiger partial charge on any atom is 0.341 e. The van der Waals surface area contributed by atoms with Crippen LogP contribution in [0.15, 0.2) is 72.8 Å². The van der Waals surface area contributed by atoms with Gasteiger partial charge in [-0.1, -0.05) is 36.1 Å². The van der Waals surface area contributed by atoms with Crippen LogP contribution in [0.5, 0.6) is 11.5 Å². The molecule has 3 aromatic carbocycles. The molecular formula is C28H25FO6S. The quantitative estimate of drug-likeness (QED) is 0.428. The molecule has 0 aromatic heterocycles. The molecule has 0 aliphatic heterocycles. The van der Waals surface area contributed by atoms with Crippen molar-refractivity contribution in [2.24, 2.45) is 0 Å². The van der Waals surface area contributed by atoms with Crippen LogP contribution in [0.1, 0.15) is 22.3 Å². The van der Waals surface area contributed by atoms with Crippen molar-refractivity contribution in [1.29, 1.82) is 0 Å². The van der Waals surface area contributed by atoms with E-state index in [2.05, 4.69) is 11.8 Å². The third-order valence-corrected chi connectivity index (χ3v) is 5.62. The summed E-state index contributed by atoms with van der Waals surface area (Å²) in [6.07, 6.45) is 3.01. The number of carboxylic acids is 1. The minimum Gasteiger partial charge on any atom is -0.489 e. The first-order valence-corrected chi connectivity index (χ1v) is 13.0. The highest BCUT2D eigenvalue weighted by Crippen LogP contribution is 2.26. The average molecular weight is 509 g/mol. The van der Waals surface area contributed by atoms with Crippen molar-refractivity contribution >= 4 is 21.4 Å². The lowest BCUT2D eigenvalue weighted by Gasteiger charge is -2.12. The Morgan fingerprint density at radius 2 is 1.64 bits per heavy atom. The van der Waals surface area contributed by atoms with Crippen LogP contribution in [-0.4, -0.2) is 44.7 Å². The van der Waals surface area contributed by atoms with Crippen molar-refractivity contribution in [2.75, 3.05) is 25.2 Å². The van der Waals surface area contributed by atoms with E-state index in [9.17, 15) is 17.6 Å². The molecule has 36 heavy (non-hydrogen) atoms. The Kier molecular flexibility index (Phi) is 8.87. The molecule has 1 N–H and O–H groups in total. The van der Waals surface area contributed by atoms with Gasteiger partial charge in [-0.3, -0.25) is 0 Å². The molecule has 6 nitrogen and oxygen atoms in total. The normalized spacial score (nSPS) is 11.4. The van der Waals surface area contributed by atoms with E-state index in [1.54, 1.807) is 49.4 Å². The summed E-state index contributed by atoms with van der Waals surface area (Å²) in [4.78, 5) is 10.7. The largest absolute Gasteiger partial charge is 0.489 e. The van der Waals surface area contributed by atoms with Gasteiger partial charge in [0.15, 0.2) is 16.4 Å². The number of aliphatic carboxylic acids is 1. The smallest absolute Gasteiger partial charge is 0.341 e. The molecule has 0 spiro atoms. The van der Waals surface area contributed by atoms with E-state index >= 15 is 0 Å². The van der Waals surface area contributed by atoms with Gasteiger partial charge >= 0.3 is 5.97 Å². The maximum atomic E-state index is 13.5. The second-order valence-electron chi connectivity index (χ2n) is 7.99. The molecule has 8 heteroatoms. The third kappa shape index (κ3) is 8.29. The number of hydrogen-bond acceptors (Lipinski definition) is 5. The lowest BCUT2D eigenvalue weighted by Crippen LogP contribution is -2.10. The fourth-order valence-electron chi connectivity index (χ4n) is 3.27. The van der Waals surface area contributed by atoms with Crippen LogP contribution < -0.4 is 9.47 Å². The number of hydrogen-bond donors (Lipinski definition) is 1. The van der Waals surface area contributed by atoms with Crippen molar-refractivity contribution in [1.82, 2.24) is 0 Å². The van der Waals surface area contributed by atoms with E-state index in [1.807, 2.05) is 18.2 Å². The van der Waals surface area contributed by atoms with E-state index in [-0.39, 0.29) is 18.2 Å². The minimum atomic E-state index is -3.16. The van der Waals surface area contributed by atoms with E-state index in [1.165, 1.54) is 12.1 Å². The van der Waals surface area contributed by atoms with Gasteiger partial charge in [0, 0.05) is 11.8 Å². The van der Waals surface area contributed by atoms with Gasteiger partial charge in [0.1, 0.15) is 29.7 Å². The van der Waals surface area contributed by atoms with Crippen LogP contribution in [0.3, 0.4) is 0 Å². The predicted molar refractivity (Wildman–Crippen MR) is 136 cm³/mol. The van der Waals surface area contributed by atoms with Crippen LogP contribution in [0.2, 0.25) is 0 Å². The first-order chi connectivity index (χ1) is 17.1. The van der Waals surface area contributed by atoms with Gasteiger partial charge in [-0.05, 0) is 77.7 Å². The number of halogens is 1. The monoisotopic (exact) mass is 508 g/mol. The van der Waals surface area contributed by atoms with Gasteiger partial charge in [-0.15, -0.1) is 0 Å². The molecule has 0 saturated heterocycles. The lowest BCUT2D eigenvalue weighted by atomic mass is 9.97. The van der Waals surface area contributed by atoms with Crippen molar-refractivity contribution < 1.29 is 32.2 Å². The van der Waals surface area contributed by atoms with E-state index in [0.717, 1.165) is 28.5 Å². The zero-order valence-corrected chi connectivity index (χ0v) is 20.6. The highest BCUT2D eigenvalue weighted by Gasteiger charge is 2.08. The Morgan fingerprint density at radius 3 is 2.22 bits per heavy atom. The summed E-state index contributed by atoms with van der Waals surface area (Å²) in [5.41, 5.74) is 3.89. The van der Waals surface area contributed by atoms with Crippen LogP contribution in [-0.2, 0) is 14.6 Å². The Labute approximate surface area is 209 Å². The van der Waals surface area contributed by atoms with Gasteiger partial charge in [0.2, 0.25) is 0 Å². The van der Waals surface area contributed by atoms with Crippen LogP contribution in [0.4, 0.5) is 4.39 Å². The molecule has 3 aromatic rings. The maximum absolute atomic E-state index is 13.5. The van der Waals surface area contributed by atoms with E-state index < -0.39 is 22.4 Å². The first kappa shape index (κ1) is 26.5. The van der Waals surface area contributed by atoms with Crippen LogP contribution in [0.25, 0.3) is 5.57 Å². The zero-order valence-electron chi connectivity index (χ0n) is 19.8. The highest BCUT2D eigenvalue weighted by molar-refractivity contribution is 7.90. The minimum absolute atomic E-state index is 0.209. The number of rotatable bonds is 9. The molecule has 0 aliphatic rings. The van der Waals surface area contributed by atoms with Crippen molar-refractivity contribution in [3.05, 3.63) is 101 Å². The predicted octanol–water partition coefficient (Wildman–Crippen LogP) is 4.50. The Balaban J connectivity index is 1.79. The molecule has 186 valence electrons. The number of carboxylic acid groups (broad SMARTS) is 1. The number of carbonyl (C=O) groups is 1. The third-order valence-electron chi connectivity index (χ3n) is 4.95. The van der Waals surface area contributed by atoms with Crippen molar-refractivity contribution in [3.8, 4) is 23.3 Å². The van der Waals surface area contributed by atoms with Gasteiger partial charge in [-0.25, -0.2) is 17.6 Å². The first-order valence-electron chi connectivity index (χ1n) is 10.9. The second kappa shape index (κ2) is 12.0. The van der Waals surface area contributed by atoms with Gasteiger partial charge in [-0.2, -0.15) is 0 Å². The van der Waals surface area contributed by atoms with Gasteiger partial charge in [0.05, 0.1) is 0 Å². The molecule has 0 fully saturated rings. The Hall–Kier alpha value is -4.09. The number of aryl methyl sites for hydroxylation is 1. The van der Waals surface area contributed by atoms with E-state index in [4.69, 9.17) is 14.6 Å². The van der Waals surface area contributed by atoms with Crippen LogP contribution >= 0.6 is 0 Å². The summed E-state index contributed by atoms with van der Waals surface area (Å²) in [5, 5.41) is 8.77. The SMILES string of the molecule is Cc1cc(OCC=C(c2ccc(F)cc2)c2ccc(C#CCS(C)(=O)=O)cc2)ccc1OCC(=O)O. The lowest BCUT2D eigenvalue weighted by molar-refractivity contribution is -0.139. The number of sulfone groups is 1. The zero-order chi connectivity index (χ0) is 26.1. The molecule has 0 amide bonds. The number of ether oxygens (including phenoxy) is 2. The summed E-state index contributed by atoms with van der Waals surface area (Å²) < 4.78 is 47.1. The topological polar surface area (TPSA) is 89.9 Å². The molecule has 0 aliphatic carbocycles. The summed E-state index contributed by atoms with van der Waals surface area (Å²) >= 11 is 0. The molecule has 0 heterocycles. The standard InChI is InChI=1S/C28H25FO6S/c1-20-18-25(13-14-27(20)35-19-28(30)31)34-16-15-26(23-9-11-24(29)12-10-23)22-7-5-21(6-8-22)4-3-17-36(2,32)33/h5-15,18H,16-17,19H2,1-2H3,(H,30,31). The summed E-state index contributed by atoms with van der Waals surface area (Å²) in [5.74, 6) is 4.93.